The maximum atomic E-state index is 12.6. The number of aromatic nitrogens is 2. The third-order valence-corrected chi connectivity index (χ3v) is 5.39. The van der Waals surface area contributed by atoms with E-state index in [2.05, 4.69) is 20.6 Å². The molecule has 0 radical (unpaired) electrons. The fraction of sp³-hybridized carbons (Fsp3) is 0.320. The summed E-state index contributed by atoms with van der Waals surface area (Å²) in [6.07, 6.45) is 1.44. The molecule has 0 aliphatic carbocycles. The fourth-order valence-corrected chi connectivity index (χ4v) is 3.40. The van der Waals surface area contributed by atoms with E-state index in [1.54, 1.807) is 26.0 Å². The molecule has 0 aliphatic heterocycles. The molecule has 0 fully saturated rings. The molecule has 0 saturated heterocycles. The number of aliphatic imine (C=N–C) groups is 1. The van der Waals surface area contributed by atoms with E-state index < -0.39 is 5.91 Å². The summed E-state index contributed by atoms with van der Waals surface area (Å²) in [5.41, 5.74) is 6.31. The van der Waals surface area contributed by atoms with Gasteiger partial charge in [0.05, 0.1) is 11.9 Å². The van der Waals surface area contributed by atoms with Crippen molar-refractivity contribution >= 4 is 29.2 Å². The van der Waals surface area contributed by atoms with Gasteiger partial charge in [-0.1, -0.05) is 13.8 Å². The van der Waals surface area contributed by atoms with Crippen LogP contribution in [0.1, 0.15) is 42.4 Å². The largest absolute Gasteiger partial charge is 0.492 e. The Kier molecular flexibility index (Phi) is 7.85. The average molecular weight is 479 g/mol. The Labute approximate surface area is 204 Å². The smallest absolute Gasteiger partial charge is 0.276 e. The van der Waals surface area contributed by atoms with E-state index in [0.29, 0.717) is 28.5 Å². The van der Waals surface area contributed by atoms with Crippen molar-refractivity contribution in [3.8, 4) is 11.6 Å². The SMILES string of the molecule is Cc1cc(OCC(=O)Nn2c(C)nc(C=Nc3ccc(N(C)C)cc3)c2O)c(C(C)C)cc1N=O. The third kappa shape index (κ3) is 6.03. The van der Waals surface area contributed by atoms with Gasteiger partial charge in [-0.2, -0.15) is 0 Å². The van der Waals surface area contributed by atoms with Gasteiger partial charge in [-0.15, -0.1) is 4.91 Å². The summed E-state index contributed by atoms with van der Waals surface area (Å²) >= 11 is 0. The number of carbonyl (C=O) groups is 1. The fourth-order valence-electron chi connectivity index (χ4n) is 3.40. The number of imidazole rings is 1. The molecule has 1 aromatic heterocycles. The third-order valence-electron chi connectivity index (χ3n) is 5.39. The molecule has 0 atom stereocenters. The lowest BCUT2D eigenvalue weighted by Gasteiger charge is -2.16. The van der Waals surface area contributed by atoms with Gasteiger partial charge in [0.25, 0.3) is 5.91 Å². The molecule has 1 heterocycles. The maximum Gasteiger partial charge on any atom is 0.276 e. The molecule has 10 heteroatoms. The van der Waals surface area contributed by atoms with Gasteiger partial charge in [-0.25, -0.2) is 9.66 Å². The number of hydrogen-bond acceptors (Lipinski definition) is 8. The zero-order valence-electron chi connectivity index (χ0n) is 20.7. The molecule has 35 heavy (non-hydrogen) atoms. The van der Waals surface area contributed by atoms with E-state index in [4.69, 9.17) is 4.74 Å². The number of ether oxygens (including phenoxy) is 1. The van der Waals surface area contributed by atoms with Crippen LogP contribution in [0.5, 0.6) is 11.6 Å². The van der Waals surface area contributed by atoms with Gasteiger partial charge in [-0.3, -0.25) is 15.2 Å². The number of amides is 1. The topological polar surface area (TPSA) is 121 Å². The van der Waals surface area contributed by atoms with Crippen molar-refractivity contribution in [2.24, 2.45) is 10.2 Å². The van der Waals surface area contributed by atoms with Gasteiger partial charge in [0.2, 0.25) is 5.88 Å². The van der Waals surface area contributed by atoms with E-state index in [1.165, 1.54) is 10.9 Å². The molecule has 2 N–H and O–H groups in total. The highest BCUT2D eigenvalue weighted by Gasteiger charge is 2.17. The summed E-state index contributed by atoms with van der Waals surface area (Å²) in [7, 11) is 3.91. The van der Waals surface area contributed by atoms with Crippen molar-refractivity contribution in [1.29, 1.82) is 0 Å². The molecule has 3 aromatic rings. The van der Waals surface area contributed by atoms with Crippen LogP contribution in [-0.4, -0.2) is 47.6 Å². The van der Waals surface area contributed by atoms with Crippen molar-refractivity contribution < 1.29 is 14.6 Å². The van der Waals surface area contributed by atoms with Gasteiger partial charge in [0.15, 0.2) is 6.61 Å². The second-order valence-corrected chi connectivity index (χ2v) is 8.62. The summed E-state index contributed by atoms with van der Waals surface area (Å²) in [5.74, 6) is 0.202. The van der Waals surface area contributed by atoms with Gasteiger partial charge < -0.3 is 14.7 Å². The van der Waals surface area contributed by atoms with Crippen molar-refractivity contribution in [3.05, 3.63) is 64.0 Å². The second kappa shape index (κ2) is 10.8. The number of nitrogens with one attached hydrogen (secondary N) is 1. The summed E-state index contributed by atoms with van der Waals surface area (Å²) in [4.78, 5) is 34.2. The number of aryl methyl sites for hydroxylation is 2. The van der Waals surface area contributed by atoms with Crippen LogP contribution in [0.25, 0.3) is 0 Å². The van der Waals surface area contributed by atoms with E-state index in [-0.39, 0.29) is 24.1 Å². The first-order valence-corrected chi connectivity index (χ1v) is 11.1. The molecule has 10 nitrogen and oxygen atoms in total. The van der Waals surface area contributed by atoms with Gasteiger partial charge in [0, 0.05) is 19.8 Å². The first-order chi connectivity index (χ1) is 16.6. The van der Waals surface area contributed by atoms with Crippen molar-refractivity contribution in [3.63, 3.8) is 0 Å². The molecule has 0 spiro atoms. The lowest BCUT2D eigenvalue weighted by atomic mass is 9.99. The molecular formula is C25H30N6O4. The van der Waals surface area contributed by atoms with E-state index >= 15 is 0 Å². The van der Waals surface area contributed by atoms with Crippen LogP contribution in [0.4, 0.5) is 17.1 Å². The summed E-state index contributed by atoms with van der Waals surface area (Å²) in [6.45, 7) is 7.01. The zero-order chi connectivity index (χ0) is 25.7. The van der Waals surface area contributed by atoms with E-state index in [1.807, 2.05) is 57.1 Å². The van der Waals surface area contributed by atoms with Gasteiger partial charge in [-0.05, 0) is 72.5 Å². The number of benzene rings is 2. The average Bonchev–Trinajstić information content (AvgIpc) is 3.08. The van der Waals surface area contributed by atoms with Crippen LogP contribution in [0.2, 0.25) is 0 Å². The zero-order valence-corrected chi connectivity index (χ0v) is 20.7. The van der Waals surface area contributed by atoms with E-state index in [9.17, 15) is 14.8 Å². The number of aromatic hydroxyl groups is 1. The highest BCUT2D eigenvalue weighted by Crippen LogP contribution is 2.33. The van der Waals surface area contributed by atoms with Gasteiger partial charge in [0.1, 0.15) is 23.0 Å². The predicted molar refractivity (Wildman–Crippen MR) is 137 cm³/mol. The van der Waals surface area contributed by atoms with E-state index in [0.717, 1.165) is 11.3 Å². The molecule has 0 aliphatic rings. The molecule has 2 aromatic carbocycles. The molecule has 0 bridgehead atoms. The van der Waals surface area contributed by atoms with Crippen LogP contribution in [-0.2, 0) is 4.79 Å². The number of nitroso groups, excluding NO2 is 1. The Balaban J connectivity index is 1.70. The molecule has 0 saturated carbocycles. The molecule has 0 unspecified atom stereocenters. The molecule has 184 valence electrons. The summed E-state index contributed by atoms with van der Waals surface area (Å²) < 4.78 is 6.91. The quantitative estimate of drug-likeness (QED) is 0.340. The number of carbonyl (C=O) groups excluding carboxylic acids is 1. The van der Waals surface area contributed by atoms with Crippen LogP contribution >= 0.6 is 0 Å². The lowest BCUT2D eigenvalue weighted by Crippen LogP contribution is -2.28. The number of hydrogen-bond donors (Lipinski definition) is 2. The Hall–Kier alpha value is -4.21. The Morgan fingerprint density at radius 1 is 1.23 bits per heavy atom. The maximum absolute atomic E-state index is 12.6. The van der Waals surface area contributed by atoms with Crippen LogP contribution in [0.3, 0.4) is 0 Å². The second-order valence-electron chi connectivity index (χ2n) is 8.62. The predicted octanol–water partition coefficient (Wildman–Crippen LogP) is 4.69. The monoisotopic (exact) mass is 478 g/mol. The van der Waals surface area contributed by atoms with Gasteiger partial charge >= 0.3 is 0 Å². The van der Waals surface area contributed by atoms with Crippen molar-refractivity contribution in [1.82, 2.24) is 9.66 Å². The molecule has 1 amide bonds. The summed E-state index contributed by atoms with van der Waals surface area (Å²) in [6, 6.07) is 11.0. The first kappa shape index (κ1) is 25.4. The minimum Gasteiger partial charge on any atom is -0.492 e. The Morgan fingerprint density at radius 3 is 2.51 bits per heavy atom. The number of rotatable bonds is 9. The Bertz CT molecular complexity index is 1250. The Morgan fingerprint density at radius 2 is 1.91 bits per heavy atom. The van der Waals surface area contributed by atoms with Crippen LogP contribution < -0.4 is 15.1 Å². The highest BCUT2D eigenvalue weighted by atomic mass is 16.5. The standard InChI is InChI=1S/C25H30N6O4/c1-15(2)20-12-21(29-34)16(3)11-23(20)35-14-24(32)28-31-17(4)27-22(25(31)33)13-26-18-7-9-19(10-8-18)30(5)6/h7-13,15,33H,14H2,1-6H3,(H,28,32). The first-order valence-electron chi connectivity index (χ1n) is 11.1. The molecule has 3 rings (SSSR count). The summed E-state index contributed by atoms with van der Waals surface area (Å²) in [5, 5.41) is 13.6. The van der Waals surface area contributed by atoms with Crippen molar-refractivity contribution in [2.75, 3.05) is 31.0 Å². The lowest BCUT2D eigenvalue weighted by molar-refractivity contribution is -0.119. The minimum atomic E-state index is -0.492. The van der Waals surface area contributed by atoms with Crippen LogP contribution in [0.15, 0.2) is 46.6 Å². The van der Waals surface area contributed by atoms with Crippen molar-refractivity contribution in [2.45, 2.75) is 33.6 Å². The normalized spacial score (nSPS) is 11.2. The molecular weight excluding hydrogens is 448 g/mol. The highest BCUT2D eigenvalue weighted by molar-refractivity contribution is 5.87. The number of anilines is 1. The minimum absolute atomic E-state index is 0.0648. The number of nitrogens with zero attached hydrogens (tertiary/aromatic N) is 5. The van der Waals surface area contributed by atoms with Crippen LogP contribution in [0, 0.1) is 18.8 Å².